The number of nitrogens with zero attached hydrogens (tertiary/aromatic N) is 2. The van der Waals surface area contributed by atoms with E-state index in [1.54, 1.807) is 12.4 Å². The van der Waals surface area contributed by atoms with Gasteiger partial charge >= 0.3 is 0 Å². The molecule has 2 heterocycles. The molecule has 4 nitrogen and oxygen atoms in total. The molecule has 0 radical (unpaired) electrons. The molecule has 20 heavy (non-hydrogen) atoms. The molecule has 0 spiro atoms. The Bertz CT molecular complexity index is 623. The van der Waals surface area contributed by atoms with Crippen molar-refractivity contribution in [2.75, 3.05) is 0 Å². The van der Waals surface area contributed by atoms with Crippen molar-refractivity contribution in [1.29, 1.82) is 0 Å². The second-order valence-corrected chi connectivity index (χ2v) is 5.45. The molecule has 2 aromatic rings. The SMILES string of the molecule is CC(C)n1cncc1C1CC(N)c2cc(F)ccc2O1. The molecule has 2 atom stereocenters. The molecule has 1 aromatic heterocycles. The zero-order chi connectivity index (χ0) is 14.3. The van der Waals surface area contributed by atoms with E-state index in [0.29, 0.717) is 18.2 Å². The first-order valence-corrected chi connectivity index (χ1v) is 6.79. The van der Waals surface area contributed by atoms with Crippen LogP contribution in [-0.2, 0) is 0 Å². The Kier molecular flexibility index (Phi) is 3.22. The lowest BCUT2D eigenvalue weighted by atomic mass is 9.96. The summed E-state index contributed by atoms with van der Waals surface area (Å²) in [6.45, 7) is 4.19. The zero-order valence-corrected chi connectivity index (χ0v) is 11.6. The van der Waals surface area contributed by atoms with Gasteiger partial charge in [0.25, 0.3) is 0 Å². The normalized spacial score (nSPS) is 21.6. The standard InChI is InChI=1S/C15H18FN3O/c1-9(2)19-8-18-7-13(19)15-6-12(17)11-5-10(16)3-4-14(11)20-15/h3-5,7-9,12,15H,6,17H2,1-2H3. The molecule has 1 aromatic carbocycles. The minimum atomic E-state index is -0.284. The van der Waals surface area contributed by atoms with Crippen molar-refractivity contribution in [3.8, 4) is 5.75 Å². The number of benzene rings is 1. The lowest BCUT2D eigenvalue weighted by Crippen LogP contribution is -2.26. The van der Waals surface area contributed by atoms with Crippen molar-refractivity contribution in [2.45, 2.75) is 38.5 Å². The Morgan fingerprint density at radius 2 is 2.25 bits per heavy atom. The smallest absolute Gasteiger partial charge is 0.142 e. The summed E-state index contributed by atoms with van der Waals surface area (Å²) in [7, 11) is 0. The third-order valence-corrected chi connectivity index (χ3v) is 3.69. The van der Waals surface area contributed by atoms with Gasteiger partial charge in [-0.25, -0.2) is 9.37 Å². The Morgan fingerprint density at radius 3 is 3.00 bits per heavy atom. The van der Waals surface area contributed by atoms with E-state index in [-0.39, 0.29) is 18.0 Å². The van der Waals surface area contributed by atoms with Gasteiger partial charge in [-0.15, -0.1) is 0 Å². The van der Waals surface area contributed by atoms with Crippen LogP contribution in [0.25, 0.3) is 0 Å². The molecule has 5 heteroatoms. The summed E-state index contributed by atoms with van der Waals surface area (Å²) >= 11 is 0. The molecule has 0 aliphatic carbocycles. The summed E-state index contributed by atoms with van der Waals surface area (Å²) in [4.78, 5) is 4.20. The van der Waals surface area contributed by atoms with Crippen molar-refractivity contribution >= 4 is 0 Å². The number of hydrogen-bond acceptors (Lipinski definition) is 3. The minimum Gasteiger partial charge on any atom is -0.484 e. The highest BCUT2D eigenvalue weighted by Gasteiger charge is 2.29. The fourth-order valence-electron chi connectivity index (χ4n) is 2.65. The summed E-state index contributed by atoms with van der Waals surface area (Å²) in [5.41, 5.74) is 7.90. The Labute approximate surface area is 117 Å². The van der Waals surface area contributed by atoms with Crippen LogP contribution >= 0.6 is 0 Å². The number of aromatic nitrogens is 2. The molecule has 2 N–H and O–H groups in total. The molecular weight excluding hydrogens is 257 g/mol. The number of fused-ring (bicyclic) bond motifs is 1. The van der Waals surface area contributed by atoms with Gasteiger partial charge in [-0.2, -0.15) is 0 Å². The second kappa shape index (κ2) is 4.90. The monoisotopic (exact) mass is 275 g/mol. The maximum Gasteiger partial charge on any atom is 0.142 e. The Balaban J connectivity index is 1.95. The van der Waals surface area contributed by atoms with Crippen LogP contribution in [0.4, 0.5) is 4.39 Å². The molecular formula is C15H18FN3O. The van der Waals surface area contributed by atoms with Crippen molar-refractivity contribution in [2.24, 2.45) is 5.73 Å². The van der Waals surface area contributed by atoms with E-state index in [9.17, 15) is 4.39 Å². The third kappa shape index (κ3) is 2.18. The highest BCUT2D eigenvalue weighted by molar-refractivity contribution is 5.39. The number of hydrogen-bond donors (Lipinski definition) is 1. The van der Waals surface area contributed by atoms with Gasteiger partial charge < -0.3 is 15.0 Å². The van der Waals surface area contributed by atoms with Crippen LogP contribution in [0.15, 0.2) is 30.7 Å². The van der Waals surface area contributed by atoms with Gasteiger partial charge in [-0.3, -0.25) is 0 Å². The summed E-state index contributed by atoms with van der Waals surface area (Å²) < 4.78 is 21.3. The van der Waals surface area contributed by atoms with Crippen molar-refractivity contribution < 1.29 is 9.13 Å². The summed E-state index contributed by atoms with van der Waals surface area (Å²) in [6.07, 6.45) is 4.09. The number of rotatable bonds is 2. The van der Waals surface area contributed by atoms with E-state index < -0.39 is 0 Å². The van der Waals surface area contributed by atoms with Crippen LogP contribution in [-0.4, -0.2) is 9.55 Å². The molecule has 0 amide bonds. The topological polar surface area (TPSA) is 53.1 Å². The van der Waals surface area contributed by atoms with Crippen LogP contribution in [0.3, 0.4) is 0 Å². The summed E-state index contributed by atoms with van der Waals surface area (Å²) in [5, 5.41) is 0. The predicted molar refractivity (Wildman–Crippen MR) is 73.9 cm³/mol. The van der Waals surface area contributed by atoms with E-state index in [4.69, 9.17) is 10.5 Å². The molecule has 0 saturated heterocycles. The first-order chi connectivity index (χ1) is 9.56. The van der Waals surface area contributed by atoms with Crippen LogP contribution in [0, 0.1) is 5.82 Å². The molecule has 1 aliphatic heterocycles. The van der Waals surface area contributed by atoms with E-state index in [2.05, 4.69) is 23.4 Å². The van der Waals surface area contributed by atoms with Crippen LogP contribution < -0.4 is 10.5 Å². The van der Waals surface area contributed by atoms with E-state index >= 15 is 0 Å². The quantitative estimate of drug-likeness (QED) is 0.916. The van der Waals surface area contributed by atoms with E-state index in [1.807, 2.05) is 6.20 Å². The minimum absolute atomic E-state index is 0.145. The van der Waals surface area contributed by atoms with Gasteiger partial charge in [0.15, 0.2) is 0 Å². The lowest BCUT2D eigenvalue weighted by Gasteiger charge is -2.31. The van der Waals surface area contributed by atoms with Crippen molar-refractivity contribution in [3.63, 3.8) is 0 Å². The van der Waals surface area contributed by atoms with Gasteiger partial charge in [0.2, 0.25) is 0 Å². The van der Waals surface area contributed by atoms with Gasteiger partial charge in [-0.1, -0.05) is 0 Å². The van der Waals surface area contributed by atoms with Crippen LogP contribution in [0.1, 0.15) is 49.7 Å². The average Bonchev–Trinajstić information content (AvgIpc) is 2.89. The maximum absolute atomic E-state index is 13.3. The first kappa shape index (κ1) is 13.1. The highest BCUT2D eigenvalue weighted by atomic mass is 19.1. The predicted octanol–water partition coefficient (Wildman–Crippen LogP) is 3.13. The number of imidazole rings is 1. The average molecular weight is 275 g/mol. The molecule has 106 valence electrons. The molecule has 0 bridgehead atoms. The van der Waals surface area contributed by atoms with Gasteiger partial charge in [0, 0.05) is 24.1 Å². The number of nitrogens with two attached hydrogens (primary N) is 1. The van der Waals surface area contributed by atoms with Crippen molar-refractivity contribution in [1.82, 2.24) is 9.55 Å². The highest BCUT2D eigenvalue weighted by Crippen LogP contribution is 2.40. The van der Waals surface area contributed by atoms with Gasteiger partial charge in [-0.05, 0) is 32.0 Å². The van der Waals surface area contributed by atoms with Gasteiger partial charge in [0.05, 0.1) is 18.2 Å². The summed E-state index contributed by atoms with van der Waals surface area (Å²) in [6, 6.07) is 4.58. The number of halogens is 1. The van der Waals surface area contributed by atoms with E-state index in [1.165, 1.54) is 12.1 Å². The third-order valence-electron chi connectivity index (χ3n) is 3.69. The molecule has 0 saturated carbocycles. The first-order valence-electron chi connectivity index (χ1n) is 6.79. The molecule has 3 rings (SSSR count). The number of ether oxygens (including phenoxy) is 1. The second-order valence-electron chi connectivity index (χ2n) is 5.45. The zero-order valence-electron chi connectivity index (χ0n) is 11.6. The Morgan fingerprint density at radius 1 is 1.45 bits per heavy atom. The van der Waals surface area contributed by atoms with Crippen molar-refractivity contribution in [3.05, 3.63) is 47.8 Å². The summed E-state index contributed by atoms with van der Waals surface area (Å²) in [5.74, 6) is 0.375. The lowest BCUT2D eigenvalue weighted by molar-refractivity contribution is 0.151. The van der Waals surface area contributed by atoms with Crippen LogP contribution in [0.2, 0.25) is 0 Å². The maximum atomic E-state index is 13.3. The van der Waals surface area contributed by atoms with E-state index in [0.717, 1.165) is 11.3 Å². The molecule has 2 unspecified atom stereocenters. The molecule has 1 aliphatic rings. The molecule has 0 fully saturated rings. The van der Waals surface area contributed by atoms with Gasteiger partial charge in [0.1, 0.15) is 17.7 Å². The fourth-order valence-corrected chi connectivity index (χ4v) is 2.65. The fraction of sp³-hybridized carbons (Fsp3) is 0.400. The largest absolute Gasteiger partial charge is 0.484 e. The van der Waals surface area contributed by atoms with Crippen LogP contribution in [0.5, 0.6) is 5.75 Å². The Hall–Kier alpha value is -1.88.